The average molecular weight is 834 g/mol. The fourth-order valence-corrected chi connectivity index (χ4v) is 10.2. The molecular formula is C61H43N3O. The van der Waals surface area contributed by atoms with Crippen LogP contribution >= 0.6 is 0 Å². The Hall–Kier alpha value is -8.44. The fourth-order valence-electron chi connectivity index (χ4n) is 10.2. The van der Waals surface area contributed by atoms with Crippen molar-refractivity contribution < 1.29 is 5.11 Å². The van der Waals surface area contributed by atoms with Crippen LogP contribution in [0.1, 0.15) is 16.7 Å². The van der Waals surface area contributed by atoms with E-state index in [-0.39, 0.29) is 0 Å². The summed E-state index contributed by atoms with van der Waals surface area (Å²) in [5, 5.41) is 16.4. The SMILES string of the molecule is OC1(c2ccccc2-c2ccccc2N(c2ccccc2)c2ccccc2)c2ccccc2-c2ccc(N(c3ccccc3)c3ccc4c5ccccc5n(-c5ccccc5)c4c3)cc21. The van der Waals surface area contributed by atoms with E-state index < -0.39 is 5.60 Å². The van der Waals surface area contributed by atoms with Crippen molar-refractivity contribution in [2.24, 2.45) is 0 Å². The summed E-state index contributed by atoms with van der Waals surface area (Å²) in [6, 6.07) is 89.4. The van der Waals surface area contributed by atoms with Crippen LogP contribution < -0.4 is 9.80 Å². The van der Waals surface area contributed by atoms with E-state index in [1.807, 2.05) is 24.3 Å². The van der Waals surface area contributed by atoms with E-state index in [0.717, 1.165) is 89.8 Å². The van der Waals surface area contributed by atoms with Crippen LogP contribution in [-0.4, -0.2) is 9.67 Å². The number of fused-ring (bicyclic) bond motifs is 6. The number of benzene rings is 10. The van der Waals surface area contributed by atoms with Crippen LogP contribution in [0.2, 0.25) is 0 Å². The van der Waals surface area contributed by atoms with E-state index in [4.69, 9.17) is 0 Å². The summed E-state index contributed by atoms with van der Waals surface area (Å²) in [5.74, 6) is 0. The monoisotopic (exact) mass is 833 g/mol. The lowest BCUT2D eigenvalue weighted by Crippen LogP contribution is -2.27. The van der Waals surface area contributed by atoms with E-state index in [9.17, 15) is 5.11 Å². The Bertz CT molecular complexity index is 3470. The quantitative estimate of drug-likeness (QED) is 0.157. The molecule has 1 aliphatic carbocycles. The van der Waals surface area contributed by atoms with Gasteiger partial charge in [0.15, 0.2) is 0 Å². The number of aromatic nitrogens is 1. The van der Waals surface area contributed by atoms with Gasteiger partial charge in [0.05, 0.1) is 16.7 Å². The second-order valence-corrected chi connectivity index (χ2v) is 16.6. The first kappa shape index (κ1) is 38.3. The van der Waals surface area contributed by atoms with Gasteiger partial charge in [0.25, 0.3) is 0 Å². The van der Waals surface area contributed by atoms with Gasteiger partial charge in [-0.25, -0.2) is 0 Å². The molecule has 1 heterocycles. The highest BCUT2D eigenvalue weighted by Crippen LogP contribution is 2.55. The normalized spacial score (nSPS) is 14.0. The predicted octanol–water partition coefficient (Wildman–Crippen LogP) is 15.7. The number of rotatable bonds is 9. The molecule has 308 valence electrons. The Labute approximate surface area is 378 Å². The molecule has 65 heavy (non-hydrogen) atoms. The van der Waals surface area contributed by atoms with Gasteiger partial charge in [0.1, 0.15) is 5.60 Å². The molecule has 4 nitrogen and oxygen atoms in total. The number of aliphatic hydroxyl groups is 1. The van der Waals surface area contributed by atoms with Gasteiger partial charge in [0.2, 0.25) is 0 Å². The highest BCUT2D eigenvalue weighted by atomic mass is 16.3. The minimum Gasteiger partial charge on any atom is -0.376 e. The van der Waals surface area contributed by atoms with Gasteiger partial charge < -0.3 is 19.5 Å². The van der Waals surface area contributed by atoms with Crippen molar-refractivity contribution in [3.05, 3.63) is 271 Å². The molecule has 0 saturated carbocycles. The molecule has 1 N–H and O–H groups in total. The zero-order chi connectivity index (χ0) is 43.3. The van der Waals surface area contributed by atoms with Gasteiger partial charge in [-0.05, 0) is 102 Å². The predicted molar refractivity (Wildman–Crippen MR) is 270 cm³/mol. The Kier molecular flexibility index (Phi) is 9.25. The Morgan fingerprint density at radius 2 is 0.754 bits per heavy atom. The van der Waals surface area contributed by atoms with Gasteiger partial charge in [-0.15, -0.1) is 0 Å². The Balaban J connectivity index is 1.06. The van der Waals surface area contributed by atoms with Crippen LogP contribution in [0.15, 0.2) is 255 Å². The van der Waals surface area contributed by atoms with Crippen molar-refractivity contribution in [3.63, 3.8) is 0 Å². The maximum absolute atomic E-state index is 14.0. The molecule has 0 bridgehead atoms. The van der Waals surface area contributed by atoms with Crippen molar-refractivity contribution >= 4 is 55.9 Å². The van der Waals surface area contributed by atoms with Crippen LogP contribution in [0.25, 0.3) is 49.7 Å². The van der Waals surface area contributed by atoms with E-state index in [0.29, 0.717) is 0 Å². The fraction of sp³-hybridized carbons (Fsp3) is 0.0164. The molecule has 0 saturated heterocycles. The first-order chi connectivity index (χ1) is 32.2. The molecule has 0 spiro atoms. The topological polar surface area (TPSA) is 31.6 Å². The number of hydrogen-bond acceptors (Lipinski definition) is 3. The maximum Gasteiger partial charge on any atom is 0.142 e. The van der Waals surface area contributed by atoms with Gasteiger partial charge in [-0.1, -0.05) is 170 Å². The molecule has 0 fully saturated rings. The number of nitrogens with zero attached hydrogens (tertiary/aromatic N) is 3. The maximum atomic E-state index is 14.0. The van der Waals surface area contributed by atoms with Gasteiger partial charge in [0, 0.05) is 67.2 Å². The van der Waals surface area contributed by atoms with Crippen LogP contribution in [-0.2, 0) is 5.60 Å². The summed E-state index contributed by atoms with van der Waals surface area (Å²) in [7, 11) is 0. The molecule has 1 atom stereocenters. The summed E-state index contributed by atoms with van der Waals surface area (Å²) < 4.78 is 2.36. The summed E-state index contributed by atoms with van der Waals surface area (Å²) in [6.07, 6.45) is 0. The third-order valence-electron chi connectivity index (χ3n) is 13.0. The Morgan fingerprint density at radius 3 is 1.40 bits per heavy atom. The molecule has 10 aromatic carbocycles. The highest BCUT2D eigenvalue weighted by molar-refractivity contribution is 6.10. The summed E-state index contributed by atoms with van der Waals surface area (Å²) in [6.45, 7) is 0. The molecule has 11 aromatic rings. The minimum atomic E-state index is -1.50. The molecular weight excluding hydrogens is 791 g/mol. The first-order valence-corrected chi connectivity index (χ1v) is 22.2. The summed E-state index contributed by atoms with van der Waals surface area (Å²) >= 11 is 0. The summed E-state index contributed by atoms with van der Waals surface area (Å²) in [5.41, 5.74) is 14.5. The van der Waals surface area contributed by atoms with Gasteiger partial charge in [-0.2, -0.15) is 0 Å². The minimum absolute atomic E-state index is 0.817. The van der Waals surface area contributed by atoms with E-state index in [2.05, 4.69) is 245 Å². The first-order valence-electron chi connectivity index (χ1n) is 22.2. The molecule has 1 aromatic heterocycles. The van der Waals surface area contributed by atoms with Gasteiger partial charge >= 0.3 is 0 Å². The molecule has 0 radical (unpaired) electrons. The van der Waals surface area contributed by atoms with E-state index in [1.165, 1.54) is 10.8 Å². The summed E-state index contributed by atoms with van der Waals surface area (Å²) in [4.78, 5) is 4.62. The van der Waals surface area contributed by atoms with E-state index >= 15 is 0 Å². The third-order valence-corrected chi connectivity index (χ3v) is 13.0. The van der Waals surface area contributed by atoms with Crippen LogP contribution in [0.3, 0.4) is 0 Å². The third kappa shape index (κ3) is 6.26. The number of hydrogen-bond donors (Lipinski definition) is 1. The van der Waals surface area contributed by atoms with Crippen molar-refractivity contribution in [1.82, 2.24) is 4.57 Å². The number of para-hydroxylation sites is 6. The van der Waals surface area contributed by atoms with Crippen LogP contribution in [0.5, 0.6) is 0 Å². The zero-order valence-corrected chi connectivity index (χ0v) is 35.5. The molecule has 4 heteroatoms. The van der Waals surface area contributed by atoms with Crippen molar-refractivity contribution in [2.45, 2.75) is 5.60 Å². The lowest BCUT2D eigenvalue weighted by Gasteiger charge is -2.32. The molecule has 12 rings (SSSR count). The van der Waals surface area contributed by atoms with E-state index in [1.54, 1.807) is 0 Å². The molecule has 1 aliphatic rings. The van der Waals surface area contributed by atoms with Crippen molar-refractivity contribution in [1.29, 1.82) is 0 Å². The standard InChI is InChI=1S/C61H43N3O/c65-61(56-34-18-14-30-50(56)52-31-15-19-35-58(52)63(44-23-7-2-8-24-44)45-25-9-3-10-26-45)55-33-17-13-29-49(55)51-39-37-47(41-57(51)61)62(43-21-5-1-6-22-43)48-38-40-54-53-32-16-20-36-59(53)64(60(54)42-48)46-27-11-4-12-28-46/h1-42,65H. The largest absolute Gasteiger partial charge is 0.376 e. The Morgan fingerprint density at radius 1 is 0.308 bits per heavy atom. The second kappa shape index (κ2) is 15.7. The average Bonchev–Trinajstić information content (AvgIpc) is 3.84. The van der Waals surface area contributed by atoms with Crippen molar-refractivity contribution in [3.8, 4) is 27.9 Å². The smallest absolute Gasteiger partial charge is 0.142 e. The number of anilines is 6. The molecule has 0 aliphatic heterocycles. The lowest BCUT2D eigenvalue weighted by atomic mass is 9.79. The van der Waals surface area contributed by atoms with Gasteiger partial charge in [-0.3, -0.25) is 0 Å². The lowest BCUT2D eigenvalue weighted by molar-refractivity contribution is 0.131. The zero-order valence-electron chi connectivity index (χ0n) is 35.5. The molecule has 1 unspecified atom stereocenters. The van der Waals surface area contributed by atoms with Crippen molar-refractivity contribution in [2.75, 3.05) is 9.80 Å². The highest BCUT2D eigenvalue weighted by Gasteiger charge is 2.45. The molecule has 0 amide bonds. The second-order valence-electron chi connectivity index (χ2n) is 16.6. The van der Waals surface area contributed by atoms with Crippen LogP contribution in [0.4, 0.5) is 34.1 Å². The van der Waals surface area contributed by atoms with Crippen LogP contribution in [0, 0.1) is 0 Å².